The van der Waals surface area contributed by atoms with Crippen molar-refractivity contribution >= 4 is 5.91 Å². The molecule has 0 spiro atoms. The van der Waals surface area contributed by atoms with Crippen molar-refractivity contribution in [2.24, 2.45) is 0 Å². The van der Waals surface area contributed by atoms with Crippen LogP contribution in [0.2, 0.25) is 0 Å². The second-order valence-electron chi connectivity index (χ2n) is 3.71. The highest BCUT2D eigenvalue weighted by molar-refractivity contribution is 5.91. The van der Waals surface area contributed by atoms with Crippen molar-refractivity contribution in [3.8, 4) is 0 Å². The number of hydrogen-bond acceptors (Lipinski definition) is 2. The normalized spacial score (nSPS) is 14.0. The Labute approximate surface area is 92.9 Å². The summed E-state index contributed by atoms with van der Waals surface area (Å²) in [4.78, 5) is 10.8. The Balaban J connectivity index is 0.000000322. The molecule has 0 saturated carbocycles. The van der Waals surface area contributed by atoms with Crippen LogP contribution in [0.25, 0.3) is 0 Å². The van der Waals surface area contributed by atoms with Crippen molar-refractivity contribution in [3.63, 3.8) is 0 Å². The van der Waals surface area contributed by atoms with Crippen molar-refractivity contribution < 1.29 is 9.53 Å². The molecule has 0 bridgehead atoms. The number of amides is 1. The molecular weight excluding hydrogens is 190 g/mol. The first-order valence-corrected chi connectivity index (χ1v) is 5.70. The molecule has 0 aliphatic carbocycles. The molecule has 0 atom stereocenters. The second kappa shape index (κ2) is 9.71. The van der Waals surface area contributed by atoms with Gasteiger partial charge in [-0.05, 0) is 26.2 Å². The zero-order chi connectivity index (χ0) is 11.5. The number of nitrogens with one attached hydrogen (secondary N) is 1. The molecule has 1 saturated heterocycles. The minimum absolute atomic E-state index is 0.0338. The summed E-state index contributed by atoms with van der Waals surface area (Å²) in [5, 5.41) is 2.74. The largest absolute Gasteiger partial charge is 0.381 e. The Kier molecular flexibility index (Phi) is 9.18. The summed E-state index contributed by atoms with van der Waals surface area (Å²) in [6, 6.07) is 0. The molecule has 1 amide bonds. The monoisotopic (exact) mass is 213 g/mol. The van der Waals surface area contributed by atoms with E-state index in [1.54, 1.807) is 6.92 Å². The minimum atomic E-state index is -0.0338. The van der Waals surface area contributed by atoms with E-state index in [0.29, 0.717) is 5.57 Å². The number of rotatable bonds is 4. The average Bonchev–Trinajstić information content (AvgIpc) is 2.75. The summed E-state index contributed by atoms with van der Waals surface area (Å²) in [5.41, 5.74) is 0.580. The van der Waals surface area contributed by atoms with Crippen LogP contribution in [-0.2, 0) is 9.53 Å². The number of hydrogen-bond donors (Lipinski definition) is 1. The first-order valence-electron chi connectivity index (χ1n) is 5.70. The Morgan fingerprint density at radius 1 is 1.40 bits per heavy atom. The van der Waals surface area contributed by atoms with Crippen LogP contribution in [0, 0.1) is 0 Å². The SMILES string of the molecule is C1CCOC1.C=C(C)C(=O)NCCCC. The number of unbranched alkanes of at least 4 members (excludes halogenated alkanes) is 1. The quantitative estimate of drug-likeness (QED) is 0.574. The molecule has 0 aromatic rings. The summed E-state index contributed by atoms with van der Waals surface area (Å²) in [6.07, 6.45) is 4.70. The standard InChI is InChI=1S/C8H15NO.C4H8O/c1-4-5-6-9-8(10)7(2)3;1-2-4-5-3-1/h2,4-6H2,1,3H3,(H,9,10);1-4H2. The number of carbonyl (C=O) groups is 1. The summed E-state index contributed by atoms with van der Waals surface area (Å²) in [7, 11) is 0. The van der Waals surface area contributed by atoms with Crippen LogP contribution in [0.4, 0.5) is 0 Å². The Morgan fingerprint density at radius 3 is 2.33 bits per heavy atom. The molecule has 0 aromatic heterocycles. The first-order chi connectivity index (χ1) is 7.18. The third-order valence-electron chi connectivity index (χ3n) is 2.03. The van der Waals surface area contributed by atoms with Gasteiger partial charge in [0.15, 0.2) is 0 Å². The second-order valence-corrected chi connectivity index (χ2v) is 3.71. The zero-order valence-corrected chi connectivity index (χ0v) is 9.97. The Morgan fingerprint density at radius 2 is 2.00 bits per heavy atom. The Hall–Kier alpha value is -0.830. The van der Waals surface area contributed by atoms with Gasteiger partial charge in [-0.15, -0.1) is 0 Å². The predicted octanol–water partition coefficient (Wildman–Crippen LogP) is 2.28. The van der Waals surface area contributed by atoms with Gasteiger partial charge in [-0.3, -0.25) is 4.79 Å². The van der Waals surface area contributed by atoms with Gasteiger partial charge in [-0.1, -0.05) is 19.9 Å². The summed E-state index contributed by atoms with van der Waals surface area (Å²) < 4.78 is 4.94. The molecule has 88 valence electrons. The number of ether oxygens (including phenoxy) is 1. The lowest BCUT2D eigenvalue weighted by molar-refractivity contribution is -0.117. The highest BCUT2D eigenvalue weighted by atomic mass is 16.5. The van der Waals surface area contributed by atoms with Crippen LogP contribution >= 0.6 is 0 Å². The molecule has 1 heterocycles. The van der Waals surface area contributed by atoms with Crippen LogP contribution in [0.5, 0.6) is 0 Å². The fraction of sp³-hybridized carbons (Fsp3) is 0.750. The Bertz CT molecular complexity index is 178. The van der Waals surface area contributed by atoms with Crippen molar-refractivity contribution in [3.05, 3.63) is 12.2 Å². The maximum Gasteiger partial charge on any atom is 0.246 e. The lowest BCUT2D eigenvalue weighted by atomic mass is 10.3. The van der Waals surface area contributed by atoms with Gasteiger partial charge < -0.3 is 10.1 Å². The van der Waals surface area contributed by atoms with E-state index < -0.39 is 0 Å². The van der Waals surface area contributed by atoms with Gasteiger partial charge in [0.05, 0.1) is 0 Å². The van der Waals surface area contributed by atoms with E-state index in [1.165, 1.54) is 12.8 Å². The molecule has 15 heavy (non-hydrogen) atoms. The first kappa shape index (κ1) is 14.2. The highest BCUT2D eigenvalue weighted by Crippen LogP contribution is 1.98. The molecule has 0 aromatic carbocycles. The van der Waals surface area contributed by atoms with E-state index in [0.717, 1.165) is 32.6 Å². The van der Waals surface area contributed by atoms with Gasteiger partial charge in [0.25, 0.3) is 0 Å². The van der Waals surface area contributed by atoms with E-state index >= 15 is 0 Å². The van der Waals surface area contributed by atoms with E-state index in [9.17, 15) is 4.79 Å². The third kappa shape index (κ3) is 9.47. The van der Waals surface area contributed by atoms with Crippen LogP contribution in [0.3, 0.4) is 0 Å². The molecule has 1 N–H and O–H groups in total. The lowest BCUT2D eigenvalue weighted by Crippen LogP contribution is -2.24. The maximum atomic E-state index is 10.8. The molecule has 0 radical (unpaired) electrons. The van der Waals surface area contributed by atoms with Gasteiger partial charge in [0.1, 0.15) is 0 Å². The van der Waals surface area contributed by atoms with Gasteiger partial charge in [-0.25, -0.2) is 0 Å². The molecule has 3 nitrogen and oxygen atoms in total. The maximum absolute atomic E-state index is 10.8. The van der Waals surface area contributed by atoms with Crippen LogP contribution < -0.4 is 5.32 Å². The summed E-state index contributed by atoms with van der Waals surface area (Å²) in [5.74, 6) is -0.0338. The molecular formula is C12H23NO2. The third-order valence-corrected chi connectivity index (χ3v) is 2.03. The average molecular weight is 213 g/mol. The molecule has 3 heteroatoms. The fourth-order valence-electron chi connectivity index (χ4n) is 1.04. The van der Waals surface area contributed by atoms with Crippen LogP contribution in [-0.4, -0.2) is 25.7 Å². The predicted molar refractivity (Wildman–Crippen MR) is 62.8 cm³/mol. The van der Waals surface area contributed by atoms with E-state index in [-0.39, 0.29) is 5.91 Å². The minimum Gasteiger partial charge on any atom is -0.381 e. The molecule has 1 fully saturated rings. The van der Waals surface area contributed by atoms with E-state index in [4.69, 9.17) is 4.74 Å². The fourth-order valence-corrected chi connectivity index (χ4v) is 1.04. The zero-order valence-electron chi connectivity index (χ0n) is 9.97. The van der Waals surface area contributed by atoms with Crippen LogP contribution in [0.15, 0.2) is 12.2 Å². The topological polar surface area (TPSA) is 38.3 Å². The molecule has 1 aliphatic heterocycles. The molecule has 1 aliphatic rings. The van der Waals surface area contributed by atoms with E-state index in [1.807, 2.05) is 0 Å². The smallest absolute Gasteiger partial charge is 0.246 e. The van der Waals surface area contributed by atoms with Crippen LogP contribution in [0.1, 0.15) is 39.5 Å². The van der Waals surface area contributed by atoms with Crippen molar-refractivity contribution in [2.45, 2.75) is 39.5 Å². The summed E-state index contributed by atoms with van der Waals surface area (Å²) in [6.45, 7) is 10.1. The van der Waals surface area contributed by atoms with E-state index in [2.05, 4.69) is 18.8 Å². The van der Waals surface area contributed by atoms with Crippen molar-refractivity contribution in [1.29, 1.82) is 0 Å². The molecule has 1 rings (SSSR count). The summed E-state index contributed by atoms with van der Waals surface area (Å²) >= 11 is 0. The van der Waals surface area contributed by atoms with Gasteiger partial charge >= 0.3 is 0 Å². The van der Waals surface area contributed by atoms with Gasteiger partial charge in [0, 0.05) is 25.3 Å². The highest BCUT2D eigenvalue weighted by Gasteiger charge is 1.97. The van der Waals surface area contributed by atoms with Crippen molar-refractivity contribution in [2.75, 3.05) is 19.8 Å². The van der Waals surface area contributed by atoms with Gasteiger partial charge in [-0.2, -0.15) is 0 Å². The lowest BCUT2D eigenvalue weighted by Gasteiger charge is -2.01. The van der Waals surface area contributed by atoms with Gasteiger partial charge in [0.2, 0.25) is 5.91 Å². The van der Waals surface area contributed by atoms with Crippen molar-refractivity contribution in [1.82, 2.24) is 5.32 Å². The number of carbonyl (C=O) groups excluding carboxylic acids is 1. The molecule has 0 unspecified atom stereocenters.